The van der Waals surface area contributed by atoms with Gasteiger partial charge in [-0.2, -0.15) is 0 Å². The molecule has 1 aromatic carbocycles. The van der Waals surface area contributed by atoms with Crippen LogP contribution < -0.4 is 10.5 Å². The molecule has 7 heteroatoms. The van der Waals surface area contributed by atoms with Crippen molar-refractivity contribution in [3.05, 3.63) is 29.6 Å². The number of halogens is 1. The lowest BCUT2D eigenvalue weighted by molar-refractivity contribution is -0.00924. The number of rotatable bonds is 3. The second-order valence-electron chi connectivity index (χ2n) is 5.42. The van der Waals surface area contributed by atoms with Crippen molar-refractivity contribution in [3.63, 3.8) is 0 Å². The molecule has 0 radical (unpaired) electrons. The second-order valence-corrected chi connectivity index (χ2v) is 7.14. The van der Waals surface area contributed by atoms with Crippen molar-refractivity contribution in [2.75, 3.05) is 6.61 Å². The minimum Gasteiger partial charge on any atom is -0.376 e. The van der Waals surface area contributed by atoms with E-state index in [0.717, 1.165) is 12.5 Å². The summed E-state index contributed by atoms with van der Waals surface area (Å²) in [5, 5.41) is 0. The summed E-state index contributed by atoms with van der Waals surface area (Å²) in [5.41, 5.74) is 6.37. The predicted molar refractivity (Wildman–Crippen MR) is 71.1 cm³/mol. The van der Waals surface area contributed by atoms with E-state index in [1.807, 2.05) is 0 Å². The summed E-state index contributed by atoms with van der Waals surface area (Å²) in [6.07, 6.45) is 0.707. The Balaban J connectivity index is 1.80. The van der Waals surface area contributed by atoms with E-state index in [9.17, 15) is 12.8 Å². The second kappa shape index (κ2) is 4.77. The molecule has 1 aromatic rings. The zero-order valence-electron chi connectivity index (χ0n) is 11.0. The first kappa shape index (κ1) is 13.9. The van der Waals surface area contributed by atoms with E-state index in [-0.39, 0.29) is 23.0 Å². The number of aryl methyl sites for hydroxylation is 1. The molecular formula is C13H17FN2O3S. The lowest BCUT2D eigenvalue weighted by Gasteiger charge is -2.45. The van der Waals surface area contributed by atoms with Crippen molar-refractivity contribution >= 4 is 10.0 Å². The zero-order chi connectivity index (χ0) is 14.5. The zero-order valence-corrected chi connectivity index (χ0v) is 11.9. The maximum absolute atomic E-state index is 13.5. The summed E-state index contributed by atoms with van der Waals surface area (Å²) in [7, 11) is -3.78. The molecular weight excluding hydrogens is 283 g/mol. The Hall–Kier alpha value is -1.02. The minimum absolute atomic E-state index is 0.0887. The average molecular weight is 300 g/mol. The van der Waals surface area contributed by atoms with Gasteiger partial charge in [-0.25, -0.2) is 17.5 Å². The molecule has 1 saturated carbocycles. The van der Waals surface area contributed by atoms with Gasteiger partial charge in [-0.15, -0.1) is 0 Å². The number of nitrogens with two attached hydrogens (primary N) is 1. The number of hydrogen-bond acceptors (Lipinski definition) is 4. The molecule has 5 nitrogen and oxygen atoms in total. The standard InChI is InChI=1S/C13H17FN2O3S/c1-7-2-3-8(6-10(7)14)20(17,18)16-12-11(15)9-4-5-19-13(9)12/h2-3,6,9,11-13,16H,4-5,15H2,1H3. The van der Waals surface area contributed by atoms with Gasteiger partial charge in [-0.05, 0) is 31.0 Å². The molecule has 3 rings (SSSR count). The molecule has 2 fully saturated rings. The van der Waals surface area contributed by atoms with Crippen molar-refractivity contribution in [1.82, 2.24) is 4.72 Å². The first-order chi connectivity index (χ1) is 9.40. The summed E-state index contributed by atoms with van der Waals surface area (Å²) in [4.78, 5) is -0.0887. The third kappa shape index (κ3) is 2.14. The normalized spacial score (nSPS) is 32.8. The summed E-state index contributed by atoms with van der Waals surface area (Å²) in [6.45, 7) is 2.19. The van der Waals surface area contributed by atoms with Crippen LogP contribution in [0, 0.1) is 18.7 Å². The predicted octanol–water partition coefficient (Wildman–Crippen LogP) is 0.527. The van der Waals surface area contributed by atoms with Crippen molar-refractivity contribution in [3.8, 4) is 0 Å². The Kier molecular flexibility index (Phi) is 3.32. The van der Waals surface area contributed by atoms with Gasteiger partial charge in [0.05, 0.1) is 17.0 Å². The van der Waals surface area contributed by atoms with Crippen LogP contribution in [0.4, 0.5) is 4.39 Å². The van der Waals surface area contributed by atoms with Crippen LogP contribution in [-0.2, 0) is 14.8 Å². The van der Waals surface area contributed by atoms with E-state index < -0.39 is 21.9 Å². The lowest BCUT2D eigenvalue weighted by atomic mass is 9.73. The number of sulfonamides is 1. The van der Waals surface area contributed by atoms with E-state index in [1.54, 1.807) is 6.92 Å². The van der Waals surface area contributed by atoms with Gasteiger partial charge in [-0.1, -0.05) is 6.07 Å². The van der Waals surface area contributed by atoms with E-state index in [2.05, 4.69) is 4.72 Å². The van der Waals surface area contributed by atoms with Gasteiger partial charge in [0, 0.05) is 18.6 Å². The molecule has 3 N–H and O–H groups in total. The first-order valence-corrected chi connectivity index (χ1v) is 8.04. The Morgan fingerprint density at radius 3 is 2.90 bits per heavy atom. The molecule has 0 bridgehead atoms. The minimum atomic E-state index is -3.78. The molecule has 1 aliphatic carbocycles. The van der Waals surface area contributed by atoms with Crippen molar-refractivity contribution in [2.45, 2.75) is 36.4 Å². The average Bonchev–Trinajstić information content (AvgIpc) is 2.84. The molecule has 0 spiro atoms. The fraction of sp³-hybridized carbons (Fsp3) is 0.538. The van der Waals surface area contributed by atoms with Crippen LogP contribution in [0.5, 0.6) is 0 Å². The molecule has 20 heavy (non-hydrogen) atoms. The summed E-state index contributed by atoms with van der Waals surface area (Å²) < 4.78 is 46.0. The van der Waals surface area contributed by atoms with Crippen LogP contribution >= 0.6 is 0 Å². The summed E-state index contributed by atoms with van der Waals surface area (Å²) in [5.74, 6) is -0.321. The van der Waals surface area contributed by atoms with Crippen LogP contribution in [-0.4, -0.2) is 33.2 Å². The van der Waals surface area contributed by atoms with E-state index in [4.69, 9.17) is 10.5 Å². The third-order valence-corrected chi connectivity index (χ3v) is 5.65. The molecule has 1 saturated heterocycles. The highest BCUT2D eigenvalue weighted by Crippen LogP contribution is 2.38. The fourth-order valence-corrected chi connectivity index (χ4v) is 4.17. The highest BCUT2D eigenvalue weighted by Gasteiger charge is 2.53. The van der Waals surface area contributed by atoms with Gasteiger partial charge in [0.2, 0.25) is 10.0 Å². The molecule has 0 amide bonds. The largest absolute Gasteiger partial charge is 0.376 e. The Morgan fingerprint density at radius 2 is 2.20 bits per heavy atom. The van der Waals surface area contributed by atoms with Gasteiger partial charge in [0.1, 0.15) is 5.82 Å². The van der Waals surface area contributed by atoms with Gasteiger partial charge < -0.3 is 10.5 Å². The Morgan fingerprint density at radius 1 is 1.45 bits per heavy atom. The van der Waals surface area contributed by atoms with Crippen LogP contribution in [0.25, 0.3) is 0 Å². The van der Waals surface area contributed by atoms with Crippen LogP contribution in [0.15, 0.2) is 23.1 Å². The number of benzene rings is 1. The van der Waals surface area contributed by atoms with Gasteiger partial charge in [0.25, 0.3) is 0 Å². The summed E-state index contributed by atoms with van der Waals surface area (Å²) >= 11 is 0. The van der Waals surface area contributed by atoms with Gasteiger partial charge >= 0.3 is 0 Å². The van der Waals surface area contributed by atoms with Gasteiger partial charge in [0.15, 0.2) is 0 Å². The SMILES string of the molecule is Cc1ccc(S(=O)(=O)NC2C(N)C3CCOC32)cc1F. The number of nitrogens with one attached hydrogen (secondary N) is 1. The van der Waals surface area contributed by atoms with E-state index >= 15 is 0 Å². The van der Waals surface area contributed by atoms with Crippen LogP contribution in [0.1, 0.15) is 12.0 Å². The van der Waals surface area contributed by atoms with E-state index in [0.29, 0.717) is 12.2 Å². The molecule has 1 aliphatic heterocycles. The number of fused-ring (bicyclic) bond motifs is 1. The molecule has 4 unspecified atom stereocenters. The van der Waals surface area contributed by atoms with Crippen molar-refractivity contribution in [1.29, 1.82) is 0 Å². The highest BCUT2D eigenvalue weighted by atomic mass is 32.2. The monoisotopic (exact) mass is 300 g/mol. The maximum atomic E-state index is 13.5. The number of hydrogen-bond donors (Lipinski definition) is 2. The quantitative estimate of drug-likeness (QED) is 0.853. The first-order valence-electron chi connectivity index (χ1n) is 6.56. The topological polar surface area (TPSA) is 81.4 Å². The summed E-state index contributed by atoms with van der Waals surface area (Å²) in [6, 6.07) is 3.18. The smallest absolute Gasteiger partial charge is 0.241 e. The fourth-order valence-electron chi connectivity index (χ4n) is 2.88. The maximum Gasteiger partial charge on any atom is 0.241 e. The highest BCUT2D eigenvalue weighted by molar-refractivity contribution is 7.89. The Bertz CT molecular complexity index is 635. The van der Waals surface area contributed by atoms with Crippen LogP contribution in [0.2, 0.25) is 0 Å². The molecule has 2 aliphatic rings. The van der Waals surface area contributed by atoms with Gasteiger partial charge in [-0.3, -0.25) is 0 Å². The van der Waals surface area contributed by atoms with E-state index in [1.165, 1.54) is 12.1 Å². The van der Waals surface area contributed by atoms with Crippen molar-refractivity contribution < 1.29 is 17.5 Å². The lowest BCUT2D eigenvalue weighted by Crippen LogP contribution is -2.68. The van der Waals surface area contributed by atoms with Crippen LogP contribution in [0.3, 0.4) is 0 Å². The third-order valence-electron chi connectivity index (χ3n) is 4.19. The molecule has 1 heterocycles. The molecule has 0 aromatic heterocycles. The van der Waals surface area contributed by atoms with Crippen molar-refractivity contribution in [2.24, 2.45) is 11.7 Å². The molecule has 110 valence electrons. The number of ether oxygens (including phenoxy) is 1. The Labute approximate surface area is 117 Å². The molecule has 4 atom stereocenters.